The maximum atomic E-state index is 6.94. The molecular formula is C19H12ClN4+. The van der Waals surface area contributed by atoms with E-state index in [4.69, 9.17) is 16.8 Å². The van der Waals surface area contributed by atoms with Gasteiger partial charge in [0.1, 0.15) is 11.9 Å². The Morgan fingerprint density at radius 1 is 1.12 bits per heavy atom. The molecule has 0 radical (unpaired) electrons. The average Bonchev–Trinajstić information content (AvgIpc) is 2.86. The predicted octanol–water partition coefficient (Wildman–Crippen LogP) is 4.23. The van der Waals surface area contributed by atoms with Gasteiger partial charge in [-0.3, -0.25) is 9.98 Å². The second-order valence-electron chi connectivity index (χ2n) is 5.77. The molecular weight excluding hydrogens is 320 g/mol. The largest absolute Gasteiger partial charge is 0.264 e. The standard InChI is InChI=1S/C19H12ClN4/c20-24-10-9-21-12-17(24)18(14-3-1-4-14)23-19(24)15-7-6-13-5-2-8-22-16(13)11-15/h1-12H/q+1. The van der Waals surface area contributed by atoms with Gasteiger partial charge in [-0.2, -0.15) is 4.99 Å². The number of hydrogen-bond donors (Lipinski definition) is 0. The predicted molar refractivity (Wildman–Crippen MR) is 96.3 cm³/mol. The van der Waals surface area contributed by atoms with Gasteiger partial charge in [0, 0.05) is 17.2 Å². The van der Waals surface area contributed by atoms with E-state index >= 15 is 0 Å². The molecule has 0 fully saturated rings. The minimum atomic E-state index is 0.00233. The number of rotatable bonds is 2. The molecule has 3 aliphatic rings. The molecule has 1 aromatic carbocycles. The maximum absolute atomic E-state index is 6.94. The minimum Gasteiger partial charge on any atom is -0.256 e. The zero-order chi connectivity index (χ0) is 16.1. The first-order chi connectivity index (χ1) is 11.8. The highest BCUT2D eigenvalue weighted by atomic mass is 35.5. The first-order valence-electron chi connectivity index (χ1n) is 7.63. The van der Waals surface area contributed by atoms with Crippen molar-refractivity contribution in [3.05, 3.63) is 89.7 Å². The quantitative estimate of drug-likeness (QED) is 0.759. The smallest absolute Gasteiger partial charge is 0.256 e. The van der Waals surface area contributed by atoms with Crippen LogP contribution in [0.5, 0.6) is 0 Å². The van der Waals surface area contributed by atoms with Gasteiger partial charge in [-0.25, -0.2) is 0 Å². The minimum absolute atomic E-state index is 0.00233. The maximum Gasteiger partial charge on any atom is 0.264 e. The monoisotopic (exact) mass is 331 g/mol. The summed E-state index contributed by atoms with van der Waals surface area (Å²) in [5.74, 6) is 0.762. The lowest BCUT2D eigenvalue weighted by Crippen LogP contribution is -2.37. The topological polar surface area (TPSA) is 37.6 Å². The SMILES string of the molecule is Cl[N+]12C=CN=CC1=C(C1=CC=C1)N=C2c1ccc2cccnc2c1. The molecule has 4 nitrogen and oxygen atoms in total. The Morgan fingerprint density at radius 3 is 2.88 bits per heavy atom. The molecule has 1 unspecified atom stereocenters. The molecule has 0 saturated carbocycles. The summed E-state index contributed by atoms with van der Waals surface area (Å²) >= 11 is 6.94. The molecule has 24 heavy (non-hydrogen) atoms. The van der Waals surface area contributed by atoms with Crippen LogP contribution in [0.3, 0.4) is 0 Å². The molecule has 0 bridgehead atoms. The summed E-state index contributed by atoms with van der Waals surface area (Å²) in [5, 5.41) is 1.09. The second kappa shape index (κ2) is 4.84. The van der Waals surface area contributed by atoms with E-state index in [1.807, 2.05) is 54.8 Å². The summed E-state index contributed by atoms with van der Waals surface area (Å²) < 4.78 is 0.00233. The van der Waals surface area contributed by atoms with Crippen LogP contribution in [0.1, 0.15) is 5.56 Å². The summed E-state index contributed by atoms with van der Waals surface area (Å²) in [4.78, 5) is 13.5. The number of amidine groups is 1. The van der Waals surface area contributed by atoms with Gasteiger partial charge in [-0.05, 0) is 18.2 Å². The number of aromatic nitrogens is 1. The number of halogens is 1. The Kier molecular flexibility index (Phi) is 2.74. The third-order valence-electron chi connectivity index (χ3n) is 4.36. The van der Waals surface area contributed by atoms with Crippen molar-refractivity contribution in [2.75, 3.05) is 0 Å². The lowest BCUT2D eigenvalue weighted by Gasteiger charge is -2.23. The van der Waals surface area contributed by atoms with Crippen LogP contribution in [-0.2, 0) is 0 Å². The third kappa shape index (κ3) is 1.81. The lowest BCUT2D eigenvalue weighted by molar-refractivity contribution is -0.599. The van der Waals surface area contributed by atoms with Crippen LogP contribution in [-0.4, -0.2) is 21.0 Å². The van der Waals surface area contributed by atoms with Crippen LogP contribution < -0.4 is 0 Å². The van der Waals surface area contributed by atoms with Crippen molar-refractivity contribution in [1.29, 1.82) is 0 Å². The fourth-order valence-electron chi connectivity index (χ4n) is 3.06. The molecule has 2 aliphatic heterocycles. The normalized spacial score (nSPS) is 24.0. The van der Waals surface area contributed by atoms with E-state index in [0.717, 1.165) is 39.3 Å². The van der Waals surface area contributed by atoms with Gasteiger partial charge >= 0.3 is 0 Å². The highest BCUT2D eigenvalue weighted by Crippen LogP contribution is 2.41. The summed E-state index contributed by atoms with van der Waals surface area (Å²) in [7, 11) is 0. The van der Waals surface area contributed by atoms with Gasteiger partial charge in [0.2, 0.25) is 5.70 Å². The Bertz CT molecular complexity index is 1070. The highest BCUT2D eigenvalue weighted by Gasteiger charge is 2.46. The molecule has 1 aliphatic carbocycles. The van der Waals surface area contributed by atoms with Crippen molar-refractivity contribution in [1.82, 2.24) is 4.98 Å². The number of aliphatic imine (C=N–C) groups is 2. The van der Waals surface area contributed by atoms with E-state index < -0.39 is 0 Å². The molecule has 1 atom stereocenters. The summed E-state index contributed by atoms with van der Waals surface area (Å²) in [6.45, 7) is 0. The molecule has 0 saturated heterocycles. The Balaban J connectivity index is 1.70. The van der Waals surface area contributed by atoms with Crippen molar-refractivity contribution < 1.29 is 4.00 Å². The Morgan fingerprint density at radius 2 is 2.04 bits per heavy atom. The third-order valence-corrected chi connectivity index (χ3v) is 4.82. The van der Waals surface area contributed by atoms with Gasteiger partial charge < -0.3 is 0 Å². The number of fused-ring (bicyclic) bond motifs is 2. The van der Waals surface area contributed by atoms with Gasteiger partial charge in [0.05, 0.1) is 23.5 Å². The molecule has 114 valence electrons. The lowest BCUT2D eigenvalue weighted by atomic mass is 10.0. The summed E-state index contributed by atoms with van der Waals surface area (Å²) in [6.07, 6.45) is 13.2. The van der Waals surface area contributed by atoms with E-state index in [2.05, 4.69) is 9.98 Å². The van der Waals surface area contributed by atoms with Crippen LogP contribution in [0.2, 0.25) is 0 Å². The van der Waals surface area contributed by atoms with E-state index in [9.17, 15) is 0 Å². The molecule has 3 heterocycles. The van der Waals surface area contributed by atoms with Crippen molar-refractivity contribution in [3.63, 3.8) is 0 Å². The zero-order valence-corrected chi connectivity index (χ0v) is 13.4. The highest BCUT2D eigenvalue weighted by molar-refractivity contribution is 6.21. The molecule has 0 amide bonds. The van der Waals surface area contributed by atoms with Crippen LogP contribution in [0.4, 0.5) is 0 Å². The zero-order valence-electron chi connectivity index (χ0n) is 12.6. The van der Waals surface area contributed by atoms with Crippen LogP contribution in [0.25, 0.3) is 10.9 Å². The number of hydrogen-bond acceptors (Lipinski definition) is 3. The number of allylic oxidation sites excluding steroid dienone is 4. The van der Waals surface area contributed by atoms with Crippen molar-refractivity contribution in [2.24, 2.45) is 9.98 Å². The fraction of sp³-hybridized carbons (Fsp3) is 0. The van der Waals surface area contributed by atoms with Crippen molar-refractivity contribution in [3.8, 4) is 0 Å². The van der Waals surface area contributed by atoms with Crippen molar-refractivity contribution >= 4 is 34.7 Å². The van der Waals surface area contributed by atoms with Gasteiger partial charge in [-0.15, -0.1) is 4.00 Å². The van der Waals surface area contributed by atoms with E-state index in [0.29, 0.717) is 0 Å². The van der Waals surface area contributed by atoms with Crippen LogP contribution >= 0.6 is 11.8 Å². The van der Waals surface area contributed by atoms with Gasteiger partial charge in [-0.1, -0.05) is 30.4 Å². The second-order valence-corrected chi connectivity index (χ2v) is 6.31. The Hall–Kier alpha value is -2.82. The number of benzene rings is 1. The molecule has 5 heteroatoms. The average molecular weight is 332 g/mol. The van der Waals surface area contributed by atoms with E-state index in [1.165, 1.54) is 0 Å². The molecule has 2 aromatic rings. The number of pyridine rings is 1. The Labute approximate surface area is 143 Å². The fourth-order valence-corrected chi connectivity index (χ4v) is 3.37. The van der Waals surface area contributed by atoms with Crippen LogP contribution in [0.15, 0.2) is 94.1 Å². The number of quaternary nitrogens is 1. The molecule has 0 N–H and O–H groups in total. The first kappa shape index (κ1) is 13.6. The van der Waals surface area contributed by atoms with Crippen LogP contribution in [0, 0.1) is 0 Å². The first-order valence-corrected chi connectivity index (χ1v) is 7.97. The molecule has 1 aromatic heterocycles. The van der Waals surface area contributed by atoms with Crippen molar-refractivity contribution in [2.45, 2.75) is 0 Å². The van der Waals surface area contributed by atoms with E-state index in [1.54, 1.807) is 18.6 Å². The van der Waals surface area contributed by atoms with Gasteiger partial charge in [0.25, 0.3) is 5.84 Å². The molecule has 0 spiro atoms. The number of nitrogens with zero attached hydrogens (tertiary/aromatic N) is 4. The summed E-state index contributed by atoms with van der Waals surface area (Å²) in [5.41, 5.74) is 4.69. The van der Waals surface area contributed by atoms with Gasteiger partial charge in [0.15, 0.2) is 11.8 Å². The molecule has 5 rings (SSSR count). The van der Waals surface area contributed by atoms with E-state index in [-0.39, 0.29) is 4.00 Å². The summed E-state index contributed by atoms with van der Waals surface area (Å²) in [6, 6.07) is 10.1.